The number of nitrogens with one attached hydrogen (secondary N) is 4. The molecule has 0 atom stereocenters. The van der Waals surface area contributed by atoms with Crippen LogP contribution < -0.4 is 31.6 Å². The third kappa shape index (κ3) is 8.83. The van der Waals surface area contributed by atoms with Crippen LogP contribution in [-0.2, 0) is 0 Å². The Morgan fingerprint density at radius 3 is 1.31 bits per heavy atom. The van der Waals surface area contributed by atoms with Crippen LogP contribution in [0.1, 0.15) is 20.7 Å². The van der Waals surface area contributed by atoms with Gasteiger partial charge in [0.05, 0.1) is 11.1 Å². The number of para-hydroxylation sites is 2. The van der Waals surface area contributed by atoms with Crippen LogP contribution in [0.25, 0.3) is 22.3 Å². The van der Waals surface area contributed by atoms with Crippen LogP contribution in [0.2, 0.25) is 0 Å². The second-order valence-corrected chi connectivity index (χ2v) is 7.43. The Balaban J connectivity index is 0.000000276. The number of hydrogen-bond donors (Lipinski definition) is 6. The molecule has 6 aromatic rings. The van der Waals surface area contributed by atoms with Gasteiger partial charge in [-0.15, -0.1) is 0 Å². The smallest absolute Gasteiger partial charge is 0.335 e. The first kappa shape index (κ1) is 33.6. The van der Waals surface area contributed by atoms with Crippen molar-refractivity contribution in [3.8, 4) is 11.5 Å². The molecule has 0 amide bonds. The van der Waals surface area contributed by atoms with Gasteiger partial charge in [-0.3, -0.25) is 0 Å². The van der Waals surface area contributed by atoms with E-state index in [1.807, 2.05) is 0 Å². The summed E-state index contributed by atoms with van der Waals surface area (Å²) < 4.78 is 0. The first-order chi connectivity index (χ1) is 19.2. The number of carboxylic acids is 2. The number of fused-ring (bicyclic) bond motifs is 2. The van der Waals surface area contributed by atoms with Gasteiger partial charge in [0.15, 0.2) is 23.7 Å². The molecule has 0 aliphatic rings. The number of carbonyl (C=O) groups is 2. The van der Waals surface area contributed by atoms with E-state index in [0.29, 0.717) is 11.6 Å². The number of aromatic nitrogens is 8. The van der Waals surface area contributed by atoms with E-state index in [9.17, 15) is 19.8 Å². The highest BCUT2D eigenvalue weighted by atomic mass is 16.4. The summed E-state index contributed by atoms with van der Waals surface area (Å²) in [6.07, 6.45) is 6.16. The van der Waals surface area contributed by atoms with Crippen molar-refractivity contribution in [1.29, 1.82) is 0 Å². The van der Waals surface area contributed by atoms with Gasteiger partial charge in [-0.05, 0) is 12.1 Å². The standard InChI is InChI=1S/2C7H6O3.2C5H5N5.2H2O/c2*8-6-4-2-1-3-5(6)7(9)10;2*6-4-3-5(9-1-7-3)10-2-8-4;;/h2*1-4,8H,(H,9,10);2*1-2H,(H3,6,7,8,9,10);2*1H2. The molecule has 0 aliphatic carbocycles. The molecular formula is C24H26N10O8. The van der Waals surface area contributed by atoms with Crippen molar-refractivity contribution >= 4 is 45.9 Å². The van der Waals surface area contributed by atoms with Crippen molar-refractivity contribution in [2.24, 2.45) is 0 Å². The topological polar surface area (TPSA) is 347 Å². The molecule has 4 heterocycles. The molecule has 0 unspecified atom stereocenters. The lowest BCUT2D eigenvalue weighted by Gasteiger charge is -2.07. The van der Waals surface area contributed by atoms with Gasteiger partial charge in [0.1, 0.15) is 0 Å². The molecule has 4 aromatic heterocycles. The van der Waals surface area contributed by atoms with Gasteiger partial charge in [0.2, 0.25) is 24.3 Å². The molecule has 0 saturated heterocycles. The Bertz CT molecular complexity index is 1610. The van der Waals surface area contributed by atoms with E-state index in [2.05, 4.69) is 39.9 Å². The number of aromatic carboxylic acids is 2. The quantitative estimate of drug-likeness (QED) is 0.129. The minimum absolute atomic E-state index is 0. The molecule has 18 nitrogen and oxygen atoms in total. The highest BCUT2D eigenvalue weighted by molar-refractivity contribution is 5.90. The van der Waals surface area contributed by atoms with Crippen molar-refractivity contribution < 1.29 is 50.9 Å². The number of benzene rings is 2. The highest BCUT2D eigenvalue weighted by Crippen LogP contribution is 2.12. The zero-order valence-electron chi connectivity index (χ0n) is 21.4. The van der Waals surface area contributed by atoms with E-state index < -0.39 is 23.4 Å². The van der Waals surface area contributed by atoms with Crippen LogP contribution in [0.3, 0.4) is 0 Å². The fourth-order valence-electron chi connectivity index (χ4n) is 2.94. The Morgan fingerprint density at radius 2 is 1.02 bits per heavy atom. The zero-order valence-corrected chi connectivity index (χ0v) is 21.4. The van der Waals surface area contributed by atoms with Gasteiger partial charge in [-0.2, -0.15) is 0 Å². The molecule has 14 N–H and O–H groups in total. The minimum Gasteiger partial charge on any atom is -0.872 e. The predicted molar refractivity (Wildman–Crippen MR) is 143 cm³/mol. The van der Waals surface area contributed by atoms with E-state index in [4.69, 9.17) is 21.7 Å². The van der Waals surface area contributed by atoms with Gasteiger partial charge in [-0.25, -0.2) is 19.6 Å². The average molecular weight is 583 g/mol. The molecule has 2 aromatic carbocycles. The summed E-state index contributed by atoms with van der Waals surface area (Å²) in [5.74, 6) is -2.32. The Morgan fingerprint density at radius 1 is 0.667 bits per heavy atom. The van der Waals surface area contributed by atoms with E-state index >= 15 is 0 Å². The van der Waals surface area contributed by atoms with Gasteiger partial charge in [0, 0.05) is 0 Å². The molecular weight excluding hydrogens is 556 g/mol. The highest BCUT2D eigenvalue weighted by Gasteiger charge is 2.07. The number of anilines is 2. The van der Waals surface area contributed by atoms with Crippen molar-refractivity contribution in [3.63, 3.8) is 0 Å². The van der Waals surface area contributed by atoms with Crippen molar-refractivity contribution in [3.05, 3.63) is 85.0 Å². The third-order valence-electron chi connectivity index (χ3n) is 4.84. The molecule has 0 saturated carbocycles. The monoisotopic (exact) mass is 582 g/mol. The summed E-state index contributed by atoms with van der Waals surface area (Å²) in [7, 11) is 0. The summed E-state index contributed by atoms with van der Waals surface area (Å²) in [5.41, 5.74) is 13.6. The SMILES string of the molecule is Nc1nc[nH+]c2nc[nH]c12.Nc1nc[nH+]c2nc[nH]c12.O.O.O=C(O)c1ccccc1[O-].O=C(O)c1ccccc1[O-]. The predicted octanol–water partition coefficient (Wildman–Crippen LogP) is -2.02. The molecule has 0 radical (unpaired) electrons. The van der Waals surface area contributed by atoms with Gasteiger partial charge in [-0.1, -0.05) is 67.8 Å². The molecule has 0 aliphatic heterocycles. The summed E-state index contributed by atoms with van der Waals surface area (Å²) in [5, 5.41) is 38.1. The lowest BCUT2D eigenvalue weighted by Crippen LogP contribution is -2.06. The van der Waals surface area contributed by atoms with Crippen LogP contribution in [0.15, 0.2) is 73.8 Å². The number of imidazole rings is 2. The molecule has 0 bridgehead atoms. The van der Waals surface area contributed by atoms with Crippen LogP contribution >= 0.6 is 0 Å². The van der Waals surface area contributed by atoms with Crippen molar-refractivity contribution in [2.75, 3.05) is 11.5 Å². The van der Waals surface area contributed by atoms with Crippen LogP contribution in [0, 0.1) is 0 Å². The van der Waals surface area contributed by atoms with E-state index in [0.717, 1.165) is 22.3 Å². The molecule has 0 spiro atoms. The maximum atomic E-state index is 10.7. The number of nitrogen functional groups attached to an aromatic ring is 2. The van der Waals surface area contributed by atoms with E-state index in [1.165, 1.54) is 61.2 Å². The number of nitrogens with zero attached hydrogens (tertiary/aromatic N) is 4. The lowest BCUT2D eigenvalue weighted by atomic mass is 10.2. The Labute approximate surface area is 235 Å². The lowest BCUT2D eigenvalue weighted by molar-refractivity contribution is -0.352. The van der Waals surface area contributed by atoms with Crippen molar-refractivity contribution in [2.45, 2.75) is 0 Å². The molecule has 42 heavy (non-hydrogen) atoms. The number of carboxylic acid groups (broad SMARTS) is 2. The van der Waals surface area contributed by atoms with E-state index in [-0.39, 0.29) is 22.1 Å². The van der Waals surface area contributed by atoms with Crippen LogP contribution in [-0.4, -0.2) is 63.0 Å². The number of rotatable bonds is 2. The Hall–Kier alpha value is -6.40. The van der Waals surface area contributed by atoms with Crippen molar-refractivity contribution in [1.82, 2.24) is 29.9 Å². The fraction of sp³-hybridized carbons (Fsp3) is 0. The number of hydrogen-bond acceptors (Lipinski definition) is 10. The molecule has 18 heteroatoms. The minimum atomic E-state index is -1.18. The number of nitrogens with two attached hydrogens (primary N) is 2. The summed E-state index contributed by atoms with van der Waals surface area (Å²) in [6.45, 7) is 0. The van der Waals surface area contributed by atoms with Gasteiger partial charge in [0.25, 0.3) is 11.3 Å². The third-order valence-corrected chi connectivity index (χ3v) is 4.84. The molecule has 0 fully saturated rings. The average Bonchev–Trinajstić information content (AvgIpc) is 3.61. The number of aromatic amines is 4. The summed E-state index contributed by atoms with van der Waals surface area (Å²) in [4.78, 5) is 47.4. The second kappa shape index (κ2) is 15.9. The zero-order chi connectivity index (χ0) is 29.1. The second-order valence-electron chi connectivity index (χ2n) is 7.43. The van der Waals surface area contributed by atoms with Crippen LogP contribution in [0.4, 0.5) is 11.6 Å². The largest absolute Gasteiger partial charge is 0.872 e. The summed E-state index contributed by atoms with van der Waals surface area (Å²) >= 11 is 0. The van der Waals surface area contributed by atoms with Crippen LogP contribution in [0.5, 0.6) is 11.5 Å². The Kier molecular flexibility index (Phi) is 12.7. The number of H-pyrrole nitrogens is 4. The molecule has 6 rings (SSSR count). The fourth-order valence-corrected chi connectivity index (χ4v) is 2.94. The maximum Gasteiger partial charge on any atom is 0.335 e. The first-order valence-corrected chi connectivity index (χ1v) is 11.1. The van der Waals surface area contributed by atoms with Gasteiger partial charge >= 0.3 is 11.9 Å². The first-order valence-electron chi connectivity index (χ1n) is 11.1. The normalized spacial score (nSPS) is 9.33. The van der Waals surface area contributed by atoms with E-state index in [1.54, 1.807) is 12.7 Å². The van der Waals surface area contributed by atoms with Gasteiger partial charge < -0.3 is 52.8 Å². The summed E-state index contributed by atoms with van der Waals surface area (Å²) in [6, 6.07) is 11.1. The molecule has 220 valence electrons. The maximum absolute atomic E-state index is 10.7.